The summed E-state index contributed by atoms with van der Waals surface area (Å²) < 4.78 is 32.7. The first-order chi connectivity index (χ1) is 14.1. The van der Waals surface area contributed by atoms with Gasteiger partial charge in [0.1, 0.15) is 5.52 Å². The van der Waals surface area contributed by atoms with E-state index in [0.717, 1.165) is 5.56 Å². The van der Waals surface area contributed by atoms with Crippen molar-refractivity contribution >= 4 is 5.52 Å². The lowest BCUT2D eigenvalue weighted by Gasteiger charge is -2.08. The maximum absolute atomic E-state index is 13.9. The van der Waals surface area contributed by atoms with E-state index < -0.39 is 5.82 Å². The van der Waals surface area contributed by atoms with Crippen molar-refractivity contribution in [1.29, 1.82) is 0 Å². The second-order valence-electron chi connectivity index (χ2n) is 6.63. The lowest BCUT2D eigenvalue weighted by molar-refractivity contribution is 0.174. The molecule has 2 aromatic carbocycles. The van der Waals surface area contributed by atoms with Gasteiger partial charge in [-0.25, -0.2) is 8.91 Å². The third-order valence-corrected chi connectivity index (χ3v) is 4.84. The van der Waals surface area contributed by atoms with E-state index in [-0.39, 0.29) is 24.6 Å². The SMILES string of the molecule is COc1ccc(Cn2ccn3nc(-c4ccc5c(c4)OCO5)cc3c2=O)cc1F. The minimum absolute atomic E-state index is 0.167. The number of rotatable bonds is 4. The van der Waals surface area contributed by atoms with E-state index in [0.29, 0.717) is 28.3 Å². The highest BCUT2D eigenvalue weighted by atomic mass is 19.1. The molecule has 0 saturated carbocycles. The van der Waals surface area contributed by atoms with Crippen LogP contribution in [0.5, 0.6) is 17.2 Å². The third kappa shape index (κ3) is 2.98. The second kappa shape index (κ2) is 6.66. The van der Waals surface area contributed by atoms with Crippen LogP contribution in [0.2, 0.25) is 0 Å². The summed E-state index contributed by atoms with van der Waals surface area (Å²) in [6, 6.07) is 11.9. The normalized spacial score (nSPS) is 12.5. The molecule has 2 aromatic heterocycles. The summed E-state index contributed by atoms with van der Waals surface area (Å²) in [5.74, 6) is 1.04. The van der Waals surface area contributed by atoms with Crippen LogP contribution in [-0.2, 0) is 6.54 Å². The van der Waals surface area contributed by atoms with Crippen LogP contribution in [0, 0.1) is 5.82 Å². The van der Waals surface area contributed by atoms with Crippen LogP contribution >= 0.6 is 0 Å². The Morgan fingerprint density at radius 2 is 1.97 bits per heavy atom. The molecule has 8 heteroatoms. The lowest BCUT2D eigenvalue weighted by Crippen LogP contribution is -2.21. The Labute approximate surface area is 164 Å². The summed E-state index contributed by atoms with van der Waals surface area (Å²) in [5.41, 5.74) is 2.33. The van der Waals surface area contributed by atoms with Crippen molar-refractivity contribution in [2.24, 2.45) is 0 Å². The number of fused-ring (bicyclic) bond motifs is 2. The largest absolute Gasteiger partial charge is 0.494 e. The fourth-order valence-corrected chi connectivity index (χ4v) is 3.35. The molecule has 0 saturated heterocycles. The molecule has 7 nitrogen and oxygen atoms in total. The first-order valence-electron chi connectivity index (χ1n) is 8.93. The Hall–Kier alpha value is -3.81. The molecule has 1 aliphatic heterocycles. The molecule has 0 spiro atoms. The van der Waals surface area contributed by atoms with Gasteiger partial charge in [0.25, 0.3) is 5.56 Å². The van der Waals surface area contributed by atoms with Gasteiger partial charge in [-0.2, -0.15) is 5.10 Å². The van der Waals surface area contributed by atoms with Crippen LogP contribution in [0.3, 0.4) is 0 Å². The van der Waals surface area contributed by atoms with Crippen LogP contribution in [0.1, 0.15) is 5.56 Å². The van der Waals surface area contributed by atoms with E-state index in [1.807, 2.05) is 18.2 Å². The lowest BCUT2D eigenvalue weighted by atomic mass is 10.1. The fraction of sp³-hybridized carbons (Fsp3) is 0.143. The summed E-state index contributed by atoms with van der Waals surface area (Å²) in [5, 5.41) is 4.48. The van der Waals surface area contributed by atoms with Crippen molar-refractivity contribution in [3.63, 3.8) is 0 Å². The van der Waals surface area contributed by atoms with E-state index in [2.05, 4.69) is 5.10 Å². The van der Waals surface area contributed by atoms with Crippen molar-refractivity contribution in [2.75, 3.05) is 13.9 Å². The Balaban J connectivity index is 1.50. The number of ether oxygens (including phenoxy) is 3. The number of benzene rings is 2. The van der Waals surface area contributed by atoms with Gasteiger partial charge >= 0.3 is 0 Å². The zero-order valence-corrected chi connectivity index (χ0v) is 15.5. The van der Waals surface area contributed by atoms with E-state index in [9.17, 15) is 9.18 Å². The van der Waals surface area contributed by atoms with Crippen molar-refractivity contribution in [2.45, 2.75) is 6.54 Å². The fourth-order valence-electron chi connectivity index (χ4n) is 3.35. The van der Waals surface area contributed by atoms with E-state index >= 15 is 0 Å². The van der Waals surface area contributed by atoms with Gasteiger partial charge in [-0.1, -0.05) is 6.07 Å². The highest BCUT2D eigenvalue weighted by Gasteiger charge is 2.16. The van der Waals surface area contributed by atoms with Gasteiger partial charge in [-0.05, 0) is 42.0 Å². The van der Waals surface area contributed by atoms with Crippen LogP contribution in [0.25, 0.3) is 16.8 Å². The molecule has 4 aromatic rings. The number of nitrogens with zero attached hydrogens (tertiary/aromatic N) is 3. The molecule has 0 aliphatic carbocycles. The number of halogens is 1. The van der Waals surface area contributed by atoms with E-state index in [1.165, 1.54) is 22.3 Å². The van der Waals surface area contributed by atoms with Crippen molar-refractivity contribution in [3.8, 4) is 28.5 Å². The second-order valence-corrected chi connectivity index (χ2v) is 6.63. The number of aromatic nitrogens is 3. The summed E-state index contributed by atoms with van der Waals surface area (Å²) >= 11 is 0. The highest BCUT2D eigenvalue weighted by Crippen LogP contribution is 2.35. The van der Waals surface area contributed by atoms with Crippen LogP contribution in [0.15, 0.2) is 59.7 Å². The highest BCUT2D eigenvalue weighted by molar-refractivity contribution is 5.68. The molecule has 146 valence electrons. The third-order valence-electron chi connectivity index (χ3n) is 4.84. The zero-order valence-electron chi connectivity index (χ0n) is 15.5. The molecular formula is C21H16FN3O4. The Bertz CT molecular complexity index is 1300. The minimum atomic E-state index is -0.464. The zero-order chi connectivity index (χ0) is 20.0. The summed E-state index contributed by atoms with van der Waals surface area (Å²) in [6.07, 6.45) is 3.33. The van der Waals surface area contributed by atoms with Crippen molar-refractivity contribution in [3.05, 3.63) is 76.6 Å². The van der Waals surface area contributed by atoms with Gasteiger partial charge in [0.05, 0.1) is 19.3 Å². The molecule has 0 unspecified atom stereocenters. The maximum Gasteiger partial charge on any atom is 0.276 e. The quantitative estimate of drug-likeness (QED) is 0.533. The van der Waals surface area contributed by atoms with Gasteiger partial charge < -0.3 is 18.8 Å². The number of hydrogen-bond acceptors (Lipinski definition) is 5. The van der Waals surface area contributed by atoms with Gasteiger partial charge in [-0.3, -0.25) is 4.79 Å². The molecule has 1 aliphatic rings. The molecule has 3 heterocycles. The maximum atomic E-state index is 13.9. The predicted octanol–water partition coefficient (Wildman–Crippen LogP) is 3.09. The Kier molecular flexibility index (Phi) is 3.97. The van der Waals surface area contributed by atoms with Crippen molar-refractivity contribution < 1.29 is 18.6 Å². The van der Waals surface area contributed by atoms with E-state index in [1.54, 1.807) is 30.6 Å². The topological polar surface area (TPSA) is 67.0 Å². The molecule has 0 amide bonds. The standard InChI is InChI=1S/C21H16FN3O4/c1-27-18-4-2-13(8-15(18)22)11-24-6-7-25-17(21(24)26)10-16(23-25)14-3-5-19-20(9-14)29-12-28-19/h2-10H,11-12H2,1H3. The number of hydrogen-bond donors (Lipinski definition) is 0. The minimum Gasteiger partial charge on any atom is -0.494 e. The summed E-state index contributed by atoms with van der Waals surface area (Å²) in [4.78, 5) is 12.9. The van der Waals surface area contributed by atoms with Gasteiger partial charge in [0.2, 0.25) is 6.79 Å². The first kappa shape index (κ1) is 17.3. The summed E-state index contributed by atoms with van der Waals surface area (Å²) in [7, 11) is 1.41. The average molecular weight is 393 g/mol. The smallest absolute Gasteiger partial charge is 0.276 e. The molecule has 0 bridgehead atoms. The van der Waals surface area contributed by atoms with Crippen LogP contribution in [0.4, 0.5) is 4.39 Å². The molecule has 0 radical (unpaired) electrons. The molecular weight excluding hydrogens is 377 g/mol. The van der Waals surface area contributed by atoms with Gasteiger partial charge in [0, 0.05) is 18.0 Å². The monoisotopic (exact) mass is 393 g/mol. The predicted molar refractivity (Wildman–Crippen MR) is 103 cm³/mol. The summed E-state index contributed by atoms with van der Waals surface area (Å²) in [6.45, 7) is 0.432. The first-order valence-corrected chi connectivity index (χ1v) is 8.93. The number of methoxy groups -OCH3 is 1. The van der Waals surface area contributed by atoms with Crippen LogP contribution in [-0.4, -0.2) is 28.1 Å². The molecule has 29 heavy (non-hydrogen) atoms. The molecule has 5 rings (SSSR count). The average Bonchev–Trinajstić information content (AvgIpc) is 3.37. The molecule has 0 atom stereocenters. The van der Waals surface area contributed by atoms with E-state index in [4.69, 9.17) is 14.2 Å². The Morgan fingerprint density at radius 3 is 2.79 bits per heavy atom. The molecule has 0 N–H and O–H groups in total. The van der Waals surface area contributed by atoms with Gasteiger partial charge in [-0.15, -0.1) is 0 Å². The Morgan fingerprint density at radius 1 is 1.10 bits per heavy atom. The van der Waals surface area contributed by atoms with Crippen molar-refractivity contribution in [1.82, 2.24) is 14.2 Å². The molecule has 0 fully saturated rings. The van der Waals surface area contributed by atoms with Gasteiger partial charge in [0.15, 0.2) is 23.1 Å². The van der Waals surface area contributed by atoms with Crippen LogP contribution < -0.4 is 19.8 Å².